The summed E-state index contributed by atoms with van der Waals surface area (Å²) in [4.78, 5) is 21.3. The summed E-state index contributed by atoms with van der Waals surface area (Å²) < 4.78 is 0. The summed E-state index contributed by atoms with van der Waals surface area (Å²) in [6.45, 7) is 4.21. The molecule has 0 spiro atoms. The smallest absolute Gasteiger partial charge is 0.254 e. The zero-order chi connectivity index (χ0) is 31.2. The maximum Gasteiger partial charge on any atom is 0.254 e. The molecule has 230 valence electrons. The Labute approximate surface area is 272 Å². The van der Waals surface area contributed by atoms with E-state index in [4.69, 9.17) is 23.2 Å². The topological polar surface area (TPSA) is 91.0 Å². The van der Waals surface area contributed by atoms with Crippen LogP contribution in [0, 0.1) is 11.3 Å². The second kappa shape index (κ2) is 14.9. The van der Waals surface area contributed by atoms with Crippen LogP contribution in [-0.4, -0.2) is 89.8 Å². The Bertz CT molecular complexity index is 1620. The zero-order valence-corrected chi connectivity index (χ0v) is 26.9. The Balaban J connectivity index is 1.29. The molecular weight excluding hydrogens is 615 g/mol. The second-order valence-electron chi connectivity index (χ2n) is 11.3. The molecule has 3 aromatic carbocycles. The molecule has 44 heavy (non-hydrogen) atoms. The van der Waals surface area contributed by atoms with Gasteiger partial charge in [-0.1, -0.05) is 59.6 Å². The summed E-state index contributed by atoms with van der Waals surface area (Å²) in [7, 11) is 1.80. The quantitative estimate of drug-likeness (QED) is 0.206. The van der Waals surface area contributed by atoms with Crippen LogP contribution in [0.1, 0.15) is 44.7 Å². The molecule has 4 aromatic rings. The van der Waals surface area contributed by atoms with E-state index >= 15 is 0 Å². The first-order valence-electron chi connectivity index (χ1n) is 14.7. The van der Waals surface area contributed by atoms with Crippen molar-refractivity contribution < 1.29 is 15.0 Å². The van der Waals surface area contributed by atoms with Crippen molar-refractivity contribution in [3.8, 4) is 6.07 Å². The Hall–Kier alpha value is -3.00. The highest BCUT2D eigenvalue weighted by molar-refractivity contribution is 7.10. The minimum Gasteiger partial charge on any atom is -0.394 e. The normalized spacial score (nSPS) is 16.4. The lowest BCUT2D eigenvalue weighted by Gasteiger charge is -2.40. The summed E-state index contributed by atoms with van der Waals surface area (Å²) in [6, 6.07) is 22.7. The van der Waals surface area contributed by atoms with Crippen LogP contribution in [0.25, 0.3) is 10.8 Å². The average molecular weight is 652 g/mol. The SMILES string of the molecule is CN(C[C@@H](CCN1CCN([C@@H](c2cccs2)[C@H](O)CO)CC1)c1ccc(Cl)c(Cl)c1)C(=O)c1cc(C#N)cc2ccccc12. The highest BCUT2D eigenvalue weighted by Gasteiger charge is 2.31. The van der Waals surface area contributed by atoms with Gasteiger partial charge in [0.2, 0.25) is 0 Å². The number of amides is 1. The molecular formula is C34H36Cl2N4O3S. The number of hydrogen-bond donors (Lipinski definition) is 2. The number of thiophene rings is 1. The molecule has 0 unspecified atom stereocenters. The lowest BCUT2D eigenvalue weighted by atomic mass is 9.94. The van der Waals surface area contributed by atoms with E-state index < -0.39 is 6.10 Å². The number of piperazine rings is 1. The molecule has 0 aliphatic carbocycles. The number of halogens is 2. The molecule has 1 amide bonds. The fourth-order valence-electron chi connectivity index (χ4n) is 6.08. The molecule has 0 bridgehead atoms. The van der Waals surface area contributed by atoms with Crippen molar-refractivity contribution >= 4 is 51.2 Å². The third kappa shape index (κ3) is 7.44. The number of hydrogen-bond acceptors (Lipinski definition) is 7. The fraction of sp³-hybridized carbons (Fsp3) is 0.353. The predicted molar refractivity (Wildman–Crippen MR) is 178 cm³/mol. The van der Waals surface area contributed by atoms with Crippen LogP contribution in [0.3, 0.4) is 0 Å². The first kappa shape index (κ1) is 32.4. The highest BCUT2D eigenvalue weighted by atomic mass is 35.5. The van der Waals surface area contributed by atoms with Gasteiger partial charge < -0.3 is 20.0 Å². The van der Waals surface area contributed by atoms with Crippen molar-refractivity contribution in [2.75, 3.05) is 52.9 Å². The van der Waals surface area contributed by atoms with E-state index in [0.29, 0.717) is 27.7 Å². The number of carbonyl (C=O) groups is 1. The van der Waals surface area contributed by atoms with Gasteiger partial charge in [-0.25, -0.2) is 0 Å². The molecule has 10 heteroatoms. The molecule has 1 aliphatic rings. The van der Waals surface area contributed by atoms with Gasteiger partial charge in [-0.15, -0.1) is 11.3 Å². The van der Waals surface area contributed by atoms with Gasteiger partial charge in [-0.05, 0) is 65.0 Å². The van der Waals surface area contributed by atoms with Crippen LogP contribution in [0.15, 0.2) is 72.1 Å². The molecule has 1 saturated heterocycles. The van der Waals surface area contributed by atoms with Gasteiger partial charge in [0.05, 0.1) is 40.4 Å². The number of aliphatic hydroxyl groups is 2. The first-order chi connectivity index (χ1) is 21.3. The summed E-state index contributed by atoms with van der Waals surface area (Å²) in [5.74, 6) is -0.142. The molecule has 2 N–H and O–H groups in total. The van der Waals surface area contributed by atoms with Crippen LogP contribution in [0.2, 0.25) is 10.0 Å². The van der Waals surface area contributed by atoms with E-state index in [0.717, 1.165) is 60.4 Å². The molecule has 3 atom stereocenters. The summed E-state index contributed by atoms with van der Waals surface area (Å²) in [6.07, 6.45) is -0.0411. The zero-order valence-electron chi connectivity index (χ0n) is 24.6. The van der Waals surface area contributed by atoms with Crippen molar-refractivity contribution in [1.29, 1.82) is 5.26 Å². The largest absolute Gasteiger partial charge is 0.394 e. The van der Waals surface area contributed by atoms with Gasteiger partial charge >= 0.3 is 0 Å². The van der Waals surface area contributed by atoms with Crippen molar-refractivity contribution in [3.63, 3.8) is 0 Å². The third-order valence-corrected chi connectivity index (χ3v) is 10.1. The number of nitriles is 1. The lowest BCUT2D eigenvalue weighted by molar-refractivity contribution is -0.00844. The van der Waals surface area contributed by atoms with E-state index in [1.54, 1.807) is 41.5 Å². The first-order valence-corrected chi connectivity index (χ1v) is 16.3. The van der Waals surface area contributed by atoms with Crippen molar-refractivity contribution in [1.82, 2.24) is 14.7 Å². The average Bonchev–Trinajstić information content (AvgIpc) is 3.58. The lowest BCUT2D eigenvalue weighted by Crippen LogP contribution is -2.50. The van der Waals surface area contributed by atoms with Gasteiger partial charge in [0.1, 0.15) is 0 Å². The van der Waals surface area contributed by atoms with Crippen LogP contribution in [0.5, 0.6) is 0 Å². The maximum absolute atomic E-state index is 13.8. The Kier molecular flexibility index (Phi) is 10.9. The van der Waals surface area contributed by atoms with Crippen LogP contribution < -0.4 is 0 Å². The number of fused-ring (bicyclic) bond motifs is 1. The van der Waals surface area contributed by atoms with E-state index in [9.17, 15) is 20.3 Å². The van der Waals surface area contributed by atoms with Crippen LogP contribution >= 0.6 is 34.5 Å². The van der Waals surface area contributed by atoms with E-state index in [2.05, 4.69) is 15.9 Å². The Morgan fingerprint density at radius 3 is 2.50 bits per heavy atom. The van der Waals surface area contributed by atoms with E-state index in [1.807, 2.05) is 53.9 Å². The summed E-state index contributed by atoms with van der Waals surface area (Å²) >= 11 is 14.3. The molecule has 0 saturated carbocycles. The van der Waals surface area contributed by atoms with Crippen LogP contribution in [0.4, 0.5) is 0 Å². The molecule has 1 fully saturated rings. The monoisotopic (exact) mass is 650 g/mol. The molecule has 7 nitrogen and oxygen atoms in total. The van der Waals surface area contributed by atoms with Gasteiger partial charge in [0.25, 0.3) is 5.91 Å². The highest BCUT2D eigenvalue weighted by Crippen LogP contribution is 2.32. The van der Waals surface area contributed by atoms with Crippen molar-refractivity contribution in [3.05, 3.63) is 104 Å². The van der Waals surface area contributed by atoms with Crippen molar-refractivity contribution in [2.45, 2.75) is 24.5 Å². The minimum absolute atomic E-state index is 0.00256. The van der Waals surface area contributed by atoms with E-state index in [-0.39, 0.29) is 24.5 Å². The molecule has 5 rings (SSSR count). The van der Waals surface area contributed by atoms with Crippen LogP contribution in [-0.2, 0) is 0 Å². The molecule has 1 aliphatic heterocycles. The van der Waals surface area contributed by atoms with Crippen molar-refractivity contribution in [2.24, 2.45) is 0 Å². The molecule has 2 heterocycles. The summed E-state index contributed by atoms with van der Waals surface area (Å²) in [5, 5.41) is 34.5. The van der Waals surface area contributed by atoms with Gasteiger partial charge in [-0.2, -0.15) is 5.26 Å². The predicted octanol–water partition coefficient (Wildman–Crippen LogP) is 6.04. The summed E-state index contributed by atoms with van der Waals surface area (Å²) in [5.41, 5.74) is 1.97. The van der Waals surface area contributed by atoms with Gasteiger partial charge in [-0.3, -0.25) is 9.69 Å². The Morgan fingerprint density at radius 2 is 1.82 bits per heavy atom. The Morgan fingerprint density at radius 1 is 1.05 bits per heavy atom. The second-order valence-corrected chi connectivity index (χ2v) is 13.1. The number of benzene rings is 3. The molecule has 1 aromatic heterocycles. The third-order valence-electron chi connectivity index (χ3n) is 8.46. The van der Waals surface area contributed by atoms with Gasteiger partial charge in [0.15, 0.2) is 0 Å². The fourth-order valence-corrected chi connectivity index (χ4v) is 7.30. The number of likely N-dealkylation sites (N-methyl/N-ethyl adjacent to an activating group) is 1. The van der Waals surface area contributed by atoms with E-state index in [1.165, 1.54) is 0 Å². The number of aliphatic hydroxyl groups excluding tert-OH is 2. The van der Waals surface area contributed by atoms with Gasteiger partial charge in [0, 0.05) is 56.1 Å². The number of nitrogens with zero attached hydrogens (tertiary/aromatic N) is 4. The standard InChI is InChI=1S/C34H36Cl2N4O3S/c1-38(34(43)28-18-23(20-37)17-25-5-2-3-6-27(25)28)21-26(24-8-9-29(35)30(36)19-24)10-11-39-12-14-40(15-13-39)33(31(42)22-41)32-7-4-16-44-32/h2-9,16-19,26,31,33,41-42H,10-15,21-22H2,1H3/t26-,31-,33-/m1/s1. The molecule has 0 radical (unpaired) electrons. The maximum atomic E-state index is 13.8. The number of carbonyl (C=O) groups excluding carboxylic acids is 1. The minimum atomic E-state index is -0.835. The number of rotatable bonds is 11.